The van der Waals surface area contributed by atoms with Gasteiger partial charge >= 0.3 is 0 Å². The molecule has 1 aromatic heterocycles. The average molecular weight is 275 g/mol. The Morgan fingerprint density at radius 1 is 1.25 bits per heavy atom. The molecule has 0 aliphatic heterocycles. The molecule has 0 aromatic carbocycles. The Labute approximate surface area is 121 Å². The third-order valence-corrected chi connectivity index (χ3v) is 3.95. The van der Waals surface area contributed by atoms with E-state index in [1.165, 1.54) is 25.7 Å². The molecule has 1 saturated carbocycles. The highest BCUT2D eigenvalue weighted by Gasteiger charge is 2.16. The minimum Gasteiger partial charge on any atom is -0.373 e. The minimum atomic E-state index is 0.0329. The Kier molecular flexibility index (Phi) is 5.39. The van der Waals surface area contributed by atoms with E-state index < -0.39 is 0 Å². The quantitative estimate of drug-likeness (QED) is 0.830. The molecule has 0 unspecified atom stereocenters. The van der Waals surface area contributed by atoms with Crippen LogP contribution in [0.2, 0.25) is 0 Å². The first-order valence-electron chi connectivity index (χ1n) is 7.72. The van der Waals surface area contributed by atoms with E-state index in [1.807, 2.05) is 19.2 Å². The van der Waals surface area contributed by atoms with Gasteiger partial charge in [-0.3, -0.25) is 4.79 Å². The van der Waals surface area contributed by atoms with Gasteiger partial charge < -0.3 is 10.6 Å². The second-order valence-corrected chi connectivity index (χ2v) is 5.50. The molecule has 4 heteroatoms. The summed E-state index contributed by atoms with van der Waals surface area (Å²) in [5.74, 6) is 0.792. The van der Waals surface area contributed by atoms with Gasteiger partial charge in [-0.1, -0.05) is 32.6 Å². The topological polar surface area (TPSA) is 54.0 Å². The summed E-state index contributed by atoms with van der Waals surface area (Å²) >= 11 is 0. The fraction of sp³-hybridized carbons (Fsp3) is 0.625. The highest BCUT2D eigenvalue weighted by Crippen LogP contribution is 2.18. The smallest absolute Gasteiger partial charge is 0.251 e. The molecule has 1 aliphatic rings. The van der Waals surface area contributed by atoms with Crippen molar-refractivity contribution in [3.8, 4) is 0 Å². The number of carbonyl (C=O) groups is 1. The van der Waals surface area contributed by atoms with E-state index in [9.17, 15) is 4.79 Å². The van der Waals surface area contributed by atoms with Crippen LogP contribution in [0.4, 0.5) is 5.82 Å². The lowest BCUT2D eigenvalue weighted by molar-refractivity contribution is 0.0933. The maximum atomic E-state index is 12.4. The second kappa shape index (κ2) is 7.27. The fourth-order valence-electron chi connectivity index (χ4n) is 2.72. The summed E-state index contributed by atoms with van der Waals surface area (Å²) in [5, 5.41) is 6.20. The van der Waals surface area contributed by atoms with E-state index in [2.05, 4.69) is 22.5 Å². The molecule has 4 nitrogen and oxygen atoms in total. The van der Waals surface area contributed by atoms with Gasteiger partial charge in [0.15, 0.2) is 0 Å². The van der Waals surface area contributed by atoms with Crippen molar-refractivity contribution in [2.45, 2.75) is 57.9 Å². The summed E-state index contributed by atoms with van der Waals surface area (Å²) in [7, 11) is 1.83. The van der Waals surface area contributed by atoms with Crippen LogP contribution < -0.4 is 10.6 Å². The summed E-state index contributed by atoms with van der Waals surface area (Å²) in [6.07, 6.45) is 8.09. The van der Waals surface area contributed by atoms with E-state index in [1.54, 1.807) is 0 Å². The lowest BCUT2D eigenvalue weighted by Crippen LogP contribution is -2.34. The summed E-state index contributed by atoms with van der Waals surface area (Å²) in [4.78, 5) is 16.8. The van der Waals surface area contributed by atoms with E-state index in [4.69, 9.17) is 0 Å². The third-order valence-electron chi connectivity index (χ3n) is 3.95. The third kappa shape index (κ3) is 3.95. The van der Waals surface area contributed by atoms with Crippen molar-refractivity contribution in [1.82, 2.24) is 10.3 Å². The molecule has 2 N–H and O–H groups in total. The number of hydrogen-bond acceptors (Lipinski definition) is 3. The van der Waals surface area contributed by atoms with Crippen molar-refractivity contribution < 1.29 is 4.79 Å². The number of nitrogens with zero attached hydrogens (tertiary/aromatic N) is 1. The molecule has 1 heterocycles. The van der Waals surface area contributed by atoms with Gasteiger partial charge in [-0.2, -0.15) is 0 Å². The van der Waals surface area contributed by atoms with Crippen LogP contribution in [0.3, 0.4) is 0 Å². The predicted octanol–water partition coefficient (Wildman–Crippen LogP) is 3.14. The second-order valence-electron chi connectivity index (χ2n) is 5.50. The first-order chi connectivity index (χ1) is 9.72. The van der Waals surface area contributed by atoms with Crippen molar-refractivity contribution in [3.63, 3.8) is 0 Å². The molecule has 1 aliphatic carbocycles. The summed E-state index contributed by atoms with van der Waals surface area (Å²) in [6, 6.07) is 4.05. The van der Waals surface area contributed by atoms with Crippen LogP contribution in [0.5, 0.6) is 0 Å². The number of aryl methyl sites for hydroxylation is 1. The Hall–Kier alpha value is -1.58. The maximum absolute atomic E-state index is 12.4. The van der Waals surface area contributed by atoms with E-state index in [0.717, 1.165) is 30.8 Å². The van der Waals surface area contributed by atoms with Crippen LogP contribution in [-0.2, 0) is 6.42 Å². The molecular formula is C16H25N3O. The van der Waals surface area contributed by atoms with Crippen molar-refractivity contribution in [2.24, 2.45) is 0 Å². The van der Waals surface area contributed by atoms with Crippen molar-refractivity contribution in [1.29, 1.82) is 0 Å². The van der Waals surface area contributed by atoms with Gasteiger partial charge in [-0.25, -0.2) is 4.98 Å². The first-order valence-corrected chi connectivity index (χ1v) is 7.72. The van der Waals surface area contributed by atoms with E-state index in [-0.39, 0.29) is 5.91 Å². The van der Waals surface area contributed by atoms with Gasteiger partial charge in [0.2, 0.25) is 0 Å². The van der Waals surface area contributed by atoms with Gasteiger partial charge in [0, 0.05) is 24.3 Å². The normalized spacial score (nSPS) is 16.5. The molecule has 2 rings (SSSR count). The number of aromatic nitrogens is 1. The highest BCUT2D eigenvalue weighted by atomic mass is 16.1. The van der Waals surface area contributed by atoms with E-state index >= 15 is 0 Å². The monoisotopic (exact) mass is 275 g/mol. The Balaban J connectivity index is 2.07. The lowest BCUT2D eigenvalue weighted by atomic mass is 10.1. The van der Waals surface area contributed by atoms with Crippen LogP contribution in [0.15, 0.2) is 12.1 Å². The fourth-order valence-corrected chi connectivity index (χ4v) is 2.72. The number of anilines is 1. The molecule has 1 amide bonds. The molecule has 110 valence electrons. The van der Waals surface area contributed by atoms with Gasteiger partial charge in [0.05, 0.1) is 0 Å². The molecule has 0 spiro atoms. The number of amides is 1. The summed E-state index contributed by atoms with van der Waals surface area (Å²) in [6.45, 7) is 2.05. The van der Waals surface area contributed by atoms with Crippen molar-refractivity contribution in [2.75, 3.05) is 12.4 Å². The van der Waals surface area contributed by atoms with Crippen LogP contribution in [0.25, 0.3) is 0 Å². The minimum absolute atomic E-state index is 0.0329. The predicted molar refractivity (Wildman–Crippen MR) is 82.1 cm³/mol. The van der Waals surface area contributed by atoms with Gasteiger partial charge in [0.25, 0.3) is 5.91 Å². The Morgan fingerprint density at radius 3 is 2.55 bits per heavy atom. The molecule has 1 fully saturated rings. The zero-order valence-electron chi connectivity index (χ0n) is 12.5. The largest absolute Gasteiger partial charge is 0.373 e. The number of nitrogens with one attached hydrogen (secondary N) is 2. The highest BCUT2D eigenvalue weighted by molar-refractivity contribution is 5.95. The van der Waals surface area contributed by atoms with Crippen LogP contribution in [0, 0.1) is 0 Å². The number of rotatable bonds is 4. The van der Waals surface area contributed by atoms with Crippen LogP contribution in [-0.4, -0.2) is 24.0 Å². The maximum Gasteiger partial charge on any atom is 0.251 e. The number of hydrogen-bond donors (Lipinski definition) is 2. The van der Waals surface area contributed by atoms with E-state index in [0.29, 0.717) is 11.6 Å². The SMILES string of the molecule is CCc1cc(C(=O)NC2CCCCCC2)cc(NC)n1. The molecule has 0 atom stereocenters. The molecule has 0 bridgehead atoms. The molecule has 0 saturated heterocycles. The Bertz CT molecular complexity index is 429. The summed E-state index contributed by atoms with van der Waals surface area (Å²) in [5.41, 5.74) is 1.66. The first kappa shape index (κ1) is 14.8. The van der Waals surface area contributed by atoms with Gasteiger partial charge in [-0.15, -0.1) is 0 Å². The van der Waals surface area contributed by atoms with Crippen molar-refractivity contribution in [3.05, 3.63) is 23.4 Å². The number of carbonyl (C=O) groups excluding carboxylic acids is 1. The molecule has 0 radical (unpaired) electrons. The molecule has 1 aromatic rings. The lowest BCUT2D eigenvalue weighted by Gasteiger charge is -2.16. The standard InChI is InChI=1S/C16H25N3O/c1-3-13-10-12(11-15(17-2)18-13)16(20)19-14-8-6-4-5-7-9-14/h10-11,14H,3-9H2,1-2H3,(H,17,18)(H,19,20). The zero-order valence-corrected chi connectivity index (χ0v) is 12.5. The van der Waals surface area contributed by atoms with Gasteiger partial charge in [-0.05, 0) is 31.4 Å². The average Bonchev–Trinajstić information content (AvgIpc) is 2.75. The van der Waals surface area contributed by atoms with Crippen LogP contribution in [0.1, 0.15) is 61.5 Å². The van der Waals surface area contributed by atoms with Crippen molar-refractivity contribution >= 4 is 11.7 Å². The molecule has 20 heavy (non-hydrogen) atoms. The van der Waals surface area contributed by atoms with Crippen LogP contribution >= 0.6 is 0 Å². The molecular weight excluding hydrogens is 250 g/mol. The summed E-state index contributed by atoms with van der Waals surface area (Å²) < 4.78 is 0. The zero-order chi connectivity index (χ0) is 14.4. The Morgan fingerprint density at radius 2 is 1.95 bits per heavy atom. The number of pyridine rings is 1. The van der Waals surface area contributed by atoms with Gasteiger partial charge in [0.1, 0.15) is 5.82 Å².